The summed E-state index contributed by atoms with van der Waals surface area (Å²) in [5, 5.41) is 13.5. The molecule has 7 heteroatoms. The first-order valence-corrected chi connectivity index (χ1v) is 7.48. The number of anilines is 1. The third kappa shape index (κ3) is 3.68. The number of amides is 1. The third-order valence-electron chi connectivity index (χ3n) is 2.84. The highest BCUT2D eigenvalue weighted by Gasteiger charge is 2.14. The summed E-state index contributed by atoms with van der Waals surface area (Å²) in [6.07, 6.45) is 0. The molecule has 0 radical (unpaired) electrons. The molecule has 2 rings (SSSR count). The molecule has 0 heterocycles. The molecule has 108 valence electrons. The first-order valence-electron chi connectivity index (χ1n) is 5.90. The smallest absolute Gasteiger partial charge is 0.272 e. The Balaban J connectivity index is 2.24. The fourth-order valence-electron chi connectivity index (χ4n) is 1.79. The Morgan fingerprint density at radius 2 is 1.90 bits per heavy atom. The predicted molar refractivity (Wildman–Crippen MR) is 87.6 cm³/mol. The van der Waals surface area contributed by atoms with Crippen molar-refractivity contribution in [1.29, 1.82) is 0 Å². The minimum absolute atomic E-state index is 0.00336. The molecule has 0 bridgehead atoms. The zero-order chi connectivity index (χ0) is 15.6. The summed E-state index contributed by atoms with van der Waals surface area (Å²) in [6.45, 7) is 1.60. The zero-order valence-electron chi connectivity index (χ0n) is 10.9. The summed E-state index contributed by atoms with van der Waals surface area (Å²) in [4.78, 5) is 22.5. The lowest BCUT2D eigenvalue weighted by Crippen LogP contribution is -2.12. The highest BCUT2D eigenvalue weighted by molar-refractivity contribution is 9.11. The number of benzene rings is 2. The summed E-state index contributed by atoms with van der Waals surface area (Å²) >= 11 is 6.69. The van der Waals surface area contributed by atoms with Crippen LogP contribution in [0, 0.1) is 17.0 Å². The highest BCUT2D eigenvalue weighted by Crippen LogP contribution is 2.27. The van der Waals surface area contributed by atoms with Crippen molar-refractivity contribution in [3.05, 3.63) is 66.6 Å². The number of carbonyl (C=O) groups is 1. The molecule has 0 aromatic heterocycles. The maximum absolute atomic E-state index is 12.2. The Kier molecular flexibility index (Phi) is 4.74. The minimum Gasteiger partial charge on any atom is -0.321 e. The van der Waals surface area contributed by atoms with E-state index in [0.717, 1.165) is 8.95 Å². The van der Waals surface area contributed by atoms with Crippen LogP contribution in [-0.2, 0) is 0 Å². The number of carbonyl (C=O) groups excluding carboxylic acids is 1. The van der Waals surface area contributed by atoms with E-state index in [1.165, 1.54) is 18.2 Å². The number of nitro benzene ring substituents is 1. The average Bonchev–Trinajstić information content (AvgIpc) is 2.41. The summed E-state index contributed by atoms with van der Waals surface area (Å²) in [5.41, 5.74) is 1.44. The largest absolute Gasteiger partial charge is 0.321 e. The van der Waals surface area contributed by atoms with Gasteiger partial charge in [0.15, 0.2) is 0 Å². The molecule has 0 saturated heterocycles. The second kappa shape index (κ2) is 6.36. The van der Waals surface area contributed by atoms with E-state index in [2.05, 4.69) is 37.2 Å². The van der Waals surface area contributed by atoms with Gasteiger partial charge in [0.25, 0.3) is 11.6 Å². The molecule has 0 fully saturated rings. The molecule has 1 N–H and O–H groups in total. The minimum atomic E-state index is -0.470. The van der Waals surface area contributed by atoms with Crippen molar-refractivity contribution in [3.8, 4) is 0 Å². The van der Waals surface area contributed by atoms with E-state index in [0.29, 0.717) is 16.8 Å². The number of aryl methyl sites for hydroxylation is 1. The Morgan fingerprint density at radius 1 is 1.19 bits per heavy atom. The lowest BCUT2D eigenvalue weighted by atomic mass is 10.1. The second-order valence-corrected chi connectivity index (χ2v) is 6.11. The van der Waals surface area contributed by atoms with E-state index < -0.39 is 4.92 Å². The number of nitrogens with one attached hydrogen (secondary N) is 1. The molecule has 0 unspecified atom stereocenters. The van der Waals surface area contributed by atoms with Crippen LogP contribution in [0.4, 0.5) is 11.4 Å². The molecule has 1 amide bonds. The van der Waals surface area contributed by atoms with Crippen LogP contribution in [0.25, 0.3) is 0 Å². The monoisotopic (exact) mass is 412 g/mol. The second-order valence-electron chi connectivity index (χ2n) is 4.34. The van der Waals surface area contributed by atoms with Crippen LogP contribution in [0.3, 0.4) is 0 Å². The summed E-state index contributed by atoms with van der Waals surface area (Å²) in [6, 6.07) is 9.65. The highest BCUT2D eigenvalue weighted by atomic mass is 79.9. The van der Waals surface area contributed by atoms with E-state index >= 15 is 0 Å². The van der Waals surface area contributed by atoms with Gasteiger partial charge in [0.05, 0.1) is 10.6 Å². The number of halogens is 2. The van der Waals surface area contributed by atoms with Gasteiger partial charge in [-0.2, -0.15) is 0 Å². The van der Waals surface area contributed by atoms with Gasteiger partial charge in [0, 0.05) is 26.1 Å². The number of nitro groups is 1. The topological polar surface area (TPSA) is 72.2 Å². The van der Waals surface area contributed by atoms with E-state index in [9.17, 15) is 14.9 Å². The predicted octanol–water partition coefficient (Wildman–Crippen LogP) is 4.68. The van der Waals surface area contributed by atoms with Crippen molar-refractivity contribution >= 4 is 49.1 Å². The number of hydrogen-bond acceptors (Lipinski definition) is 3. The number of rotatable bonds is 3. The lowest BCUT2D eigenvalue weighted by molar-refractivity contribution is -0.385. The normalized spacial score (nSPS) is 10.2. The third-order valence-corrected chi connectivity index (χ3v) is 3.98. The Labute approximate surface area is 137 Å². The maximum atomic E-state index is 12.2. The molecule has 0 spiro atoms. The van der Waals surface area contributed by atoms with Crippen LogP contribution in [0.5, 0.6) is 0 Å². The van der Waals surface area contributed by atoms with Gasteiger partial charge < -0.3 is 5.32 Å². The molecular weight excluding hydrogens is 404 g/mol. The van der Waals surface area contributed by atoms with Gasteiger partial charge >= 0.3 is 0 Å². The first kappa shape index (κ1) is 15.7. The fraction of sp³-hybridized carbons (Fsp3) is 0.0714. The van der Waals surface area contributed by atoms with Gasteiger partial charge in [-0.05, 0) is 53.2 Å². The SMILES string of the molecule is Cc1cc(C(=O)Nc2ccc(Br)cc2Br)ccc1[N+](=O)[O-]. The van der Waals surface area contributed by atoms with E-state index in [-0.39, 0.29) is 11.6 Å². The average molecular weight is 414 g/mol. The van der Waals surface area contributed by atoms with Gasteiger partial charge in [-0.25, -0.2) is 0 Å². The van der Waals surface area contributed by atoms with Crippen molar-refractivity contribution in [2.45, 2.75) is 6.92 Å². The van der Waals surface area contributed by atoms with E-state index in [1.54, 1.807) is 13.0 Å². The van der Waals surface area contributed by atoms with Gasteiger partial charge in [-0.15, -0.1) is 0 Å². The maximum Gasteiger partial charge on any atom is 0.272 e. The lowest BCUT2D eigenvalue weighted by Gasteiger charge is -2.08. The quantitative estimate of drug-likeness (QED) is 0.586. The Bertz CT molecular complexity index is 732. The van der Waals surface area contributed by atoms with Crippen LogP contribution in [0.15, 0.2) is 45.3 Å². The van der Waals surface area contributed by atoms with Crippen molar-refractivity contribution in [2.24, 2.45) is 0 Å². The van der Waals surface area contributed by atoms with Crippen LogP contribution in [0.1, 0.15) is 15.9 Å². The van der Waals surface area contributed by atoms with Crippen molar-refractivity contribution in [1.82, 2.24) is 0 Å². The van der Waals surface area contributed by atoms with E-state index in [4.69, 9.17) is 0 Å². The molecule has 2 aromatic rings. The number of nitrogens with zero attached hydrogens (tertiary/aromatic N) is 1. The summed E-state index contributed by atoms with van der Waals surface area (Å²) in [7, 11) is 0. The molecule has 5 nitrogen and oxygen atoms in total. The molecular formula is C14H10Br2N2O3. The Morgan fingerprint density at radius 3 is 2.48 bits per heavy atom. The van der Waals surface area contributed by atoms with Crippen LogP contribution < -0.4 is 5.32 Å². The standard InChI is InChI=1S/C14H10Br2N2O3/c1-8-6-9(2-5-13(8)18(20)21)14(19)17-12-4-3-10(15)7-11(12)16/h2-7H,1H3,(H,17,19). The molecule has 2 aromatic carbocycles. The zero-order valence-corrected chi connectivity index (χ0v) is 14.1. The Hall–Kier alpha value is -1.73. The number of hydrogen-bond donors (Lipinski definition) is 1. The molecule has 0 atom stereocenters. The van der Waals surface area contributed by atoms with Crippen LogP contribution >= 0.6 is 31.9 Å². The van der Waals surface area contributed by atoms with Gasteiger partial charge in [-0.1, -0.05) is 15.9 Å². The van der Waals surface area contributed by atoms with Gasteiger partial charge in [0.2, 0.25) is 0 Å². The van der Waals surface area contributed by atoms with Crippen molar-refractivity contribution in [2.75, 3.05) is 5.32 Å². The molecule has 0 aliphatic rings. The molecule has 0 aliphatic heterocycles. The van der Waals surface area contributed by atoms with Crippen molar-refractivity contribution in [3.63, 3.8) is 0 Å². The van der Waals surface area contributed by atoms with Crippen molar-refractivity contribution < 1.29 is 9.72 Å². The van der Waals surface area contributed by atoms with Gasteiger partial charge in [-0.3, -0.25) is 14.9 Å². The fourth-order valence-corrected chi connectivity index (χ4v) is 2.93. The molecule has 21 heavy (non-hydrogen) atoms. The summed E-state index contributed by atoms with van der Waals surface area (Å²) < 4.78 is 1.63. The molecule has 0 saturated carbocycles. The van der Waals surface area contributed by atoms with Crippen LogP contribution in [0.2, 0.25) is 0 Å². The van der Waals surface area contributed by atoms with Gasteiger partial charge in [0.1, 0.15) is 0 Å². The first-order chi connectivity index (χ1) is 9.88. The summed E-state index contributed by atoms with van der Waals surface area (Å²) in [5.74, 6) is -0.323. The van der Waals surface area contributed by atoms with Crippen LogP contribution in [-0.4, -0.2) is 10.8 Å². The van der Waals surface area contributed by atoms with E-state index in [1.807, 2.05) is 12.1 Å². The molecule has 0 aliphatic carbocycles.